The van der Waals surface area contributed by atoms with Crippen molar-refractivity contribution in [1.29, 1.82) is 0 Å². The lowest BCUT2D eigenvalue weighted by molar-refractivity contribution is -0.136. The zero-order valence-electron chi connectivity index (χ0n) is 11.7. The van der Waals surface area contributed by atoms with Crippen LogP contribution in [-0.4, -0.2) is 17.8 Å². The number of hydrogen-bond donors (Lipinski definition) is 2. The number of carbonyl (C=O) groups is 3. The van der Waals surface area contributed by atoms with Crippen molar-refractivity contribution in [1.82, 2.24) is 10.6 Å². The second-order valence-electron chi connectivity index (χ2n) is 5.92. The first kappa shape index (κ1) is 13.8. The minimum absolute atomic E-state index is 0.138. The highest BCUT2D eigenvalue weighted by atomic mass is 16.2. The number of imide groups is 2. The summed E-state index contributed by atoms with van der Waals surface area (Å²) in [4.78, 5) is 35.1. The maximum atomic E-state index is 12.0. The van der Waals surface area contributed by atoms with Gasteiger partial charge in [-0.2, -0.15) is 0 Å². The van der Waals surface area contributed by atoms with Crippen LogP contribution in [0.25, 0.3) is 0 Å². The lowest BCUT2D eigenvalue weighted by Crippen LogP contribution is -2.56. The van der Waals surface area contributed by atoms with Crippen LogP contribution >= 0.6 is 0 Å². The highest BCUT2D eigenvalue weighted by Crippen LogP contribution is 2.45. The van der Waals surface area contributed by atoms with Crippen LogP contribution in [-0.2, 0) is 15.0 Å². The molecule has 0 unspecified atom stereocenters. The van der Waals surface area contributed by atoms with Gasteiger partial charge >= 0.3 is 6.03 Å². The maximum Gasteiger partial charge on any atom is 0.328 e. The highest BCUT2D eigenvalue weighted by Gasteiger charge is 2.44. The van der Waals surface area contributed by atoms with Gasteiger partial charge < -0.3 is 0 Å². The SMILES string of the molecule is O=C1NC(=O)C(CC2(c3ccccc3)CCCC2)C(=O)N1. The molecule has 1 saturated heterocycles. The molecule has 21 heavy (non-hydrogen) atoms. The van der Waals surface area contributed by atoms with Gasteiger partial charge in [0.25, 0.3) is 0 Å². The molecule has 0 bridgehead atoms. The van der Waals surface area contributed by atoms with Crippen molar-refractivity contribution in [2.45, 2.75) is 37.5 Å². The zero-order valence-corrected chi connectivity index (χ0v) is 11.7. The van der Waals surface area contributed by atoms with Gasteiger partial charge in [-0.05, 0) is 30.2 Å². The summed E-state index contributed by atoms with van der Waals surface area (Å²) >= 11 is 0. The van der Waals surface area contributed by atoms with Gasteiger partial charge in [-0.1, -0.05) is 43.2 Å². The number of rotatable bonds is 3. The van der Waals surface area contributed by atoms with Crippen LogP contribution in [0.5, 0.6) is 0 Å². The molecule has 2 fully saturated rings. The molecule has 1 aliphatic carbocycles. The smallest absolute Gasteiger partial charge is 0.277 e. The van der Waals surface area contributed by atoms with Gasteiger partial charge in [0.1, 0.15) is 5.92 Å². The number of urea groups is 1. The van der Waals surface area contributed by atoms with Crippen LogP contribution in [0.4, 0.5) is 4.79 Å². The maximum absolute atomic E-state index is 12.0. The van der Waals surface area contributed by atoms with Gasteiger partial charge in [0, 0.05) is 0 Å². The fraction of sp³-hybridized carbons (Fsp3) is 0.438. The average Bonchev–Trinajstić information content (AvgIpc) is 2.94. The van der Waals surface area contributed by atoms with Crippen molar-refractivity contribution in [2.75, 3.05) is 0 Å². The summed E-state index contributed by atoms with van der Waals surface area (Å²) in [6, 6.07) is 9.34. The topological polar surface area (TPSA) is 75.3 Å². The van der Waals surface area contributed by atoms with E-state index in [0.29, 0.717) is 6.42 Å². The van der Waals surface area contributed by atoms with Gasteiger partial charge in [0.05, 0.1) is 0 Å². The minimum atomic E-state index is -0.791. The van der Waals surface area contributed by atoms with E-state index in [0.717, 1.165) is 25.7 Å². The Labute approximate surface area is 123 Å². The third-order valence-electron chi connectivity index (χ3n) is 4.65. The third kappa shape index (κ3) is 2.55. The number of hydrogen-bond acceptors (Lipinski definition) is 3. The van der Waals surface area contributed by atoms with Crippen LogP contribution in [0.1, 0.15) is 37.7 Å². The lowest BCUT2D eigenvalue weighted by atomic mass is 9.72. The van der Waals surface area contributed by atoms with E-state index >= 15 is 0 Å². The van der Waals surface area contributed by atoms with Crippen molar-refractivity contribution in [3.8, 4) is 0 Å². The Morgan fingerprint density at radius 3 is 2.10 bits per heavy atom. The Balaban J connectivity index is 1.88. The third-order valence-corrected chi connectivity index (χ3v) is 4.65. The number of carbonyl (C=O) groups excluding carboxylic acids is 3. The van der Waals surface area contributed by atoms with Crippen LogP contribution in [0.3, 0.4) is 0 Å². The molecule has 5 nitrogen and oxygen atoms in total. The first-order chi connectivity index (χ1) is 10.1. The van der Waals surface area contributed by atoms with E-state index in [1.165, 1.54) is 5.56 Å². The monoisotopic (exact) mass is 286 g/mol. The van der Waals surface area contributed by atoms with E-state index in [1.54, 1.807) is 0 Å². The second kappa shape index (κ2) is 5.31. The molecule has 1 heterocycles. The second-order valence-corrected chi connectivity index (χ2v) is 5.92. The van der Waals surface area contributed by atoms with Gasteiger partial charge in [0.15, 0.2) is 0 Å². The van der Waals surface area contributed by atoms with Crippen molar-refractivity contribution >= 4 is 17.8 Å². The number of amides is 4. The molecule has 0 radical (unpaired) electrons. The normalized spacial score (nSPS) is 22.0. The molecule has 4 amide bonds. The molecule has 3 rings (SSSR count). The van der Waals surface area contributed by atoms with Crippen LogP contribution < -0.4 is 10.6 Å². The molecule has 5 heteroatoms. The standard InChI is InChI=1S/C16H18N2O3/c19-13-12(14(20)18-15(21)17-13)10-16(8-4-5-9-16)11-6-2-1-3-7-11/h1-3,6-7,12H,4-5,8-10H2,(H2,17,18,19,20,21). The lowest BCUT2D eigenvalue weighted by Gasteiger charge is -2.33. The van der Waals surface area contributed by atoms with E-state index in [2.05, 4.69) is 22.8 Å². The summed E-state index contributed by atoms with van der Waals surface area (Å²) in [6.07, 6.45) is 4.61. The number of benzene rings is 1. The quantitative estimate of drug-likeness (QED) is 0.833. The first-order valence-corrected chi connectivity index (χ1v) is 7.32. The fourth-order valence-electron chi connectivity index (χ4n) is 3.58. The summed E-state index contributed by atoms with van der Waals surface area (Å²) in [5.41, 5.74) is 1.04. The van der Waals surface area contributed by atoms with Gasteiger partial charge in [-0.15, -0.1) is 0 Å². The Bertz CT molecular complexity index is 556. The van der Waals surface area contributed by atoms with Crippen molar-refractivity contribution in [2.24, 2.45) is 5.92 Å². The predicted molar refractivity (Wildman–Crippen MR) is 76.4 cm³/mol. The Kier molecular flexibility index (Phi) is 3.49. The summed E-state index contributed by atoms with van der Waals surface area (Å²) in [5.74, 6) is -1.75. The molecule has 0 atom stereocenters. The van der Waals surface area contributed by atoms with Crippen LogP contribution in [0, 0.1) is 5.92 Å². The summed E-state index contributed by atoms with van der Waals surface area (Å²) in [6.45, 7) is 0. The van der Waals surface area contributed by atoms with Crippen molar-refractivity contribution in [3.05, 3.63) is 35.9 Å². The largest absolute Gasteiger partial charge is 0.328 e. The van der Waals surface area contributed by atoms with E-state index < -0.39 is 23.8 Å². The van der Waals surface area contributed by atoms with E-state index in [9.17, 15) is 14.4 Å². The highest BCUT2D eigenvalue weighted by molar-refractivity contribution is 6.16. The molecule has 2 N–H and O–H groups in total. The zero-order chi connectivity index (χ0) is 14.9. The first-order valence-electron chi connectivity index (χ1n) is 7.32. The Morgan fingerprint density at radius 2 is 1.52 bits per heavy atom. The molecule has 1 aromatic rings. The fourth-order valence-corrected chi connectivity index (χ4v) is 3.58. The summed E-state index contributed by atoms with van der Waals surface area (Å²) < 4.78 is 0. The molecular weight excluding hydrogens is 268 g/mol. The van der Waals surface area contributed by atoms with Gasteiger partial charge in [0.2, 0.25) is 11.8 Å². The van der Waals surface area contributed by atoms with Gasteiger partial charge in [-0.3, -0.25) is 20.2 Å². The Morgan fingerprint density at radius 1 is 0.952 bits per heavy atom. The molecule has 1 aromatic carbocycles. The average molecular weight is 286 g/mol. The molecule has 2 aliphatic rings. The molecular formula is C16H18N2O3. The summed E-state index contributed by atoms with van der Waals surface area (Å²) in [5, 5.41) is 4.39. The molecule has 0 spiro atoms. The minimum Gasteiger partial charge on any atom is -0.277 e. The Hall–Kier alpha value is -2.17. The molecule has 1 aliphatic heterocycles. The predicted octanol–water partition coefficient (Wildman–Crippen LogP) is 1.87. The van der Waals surface area contributed by atoms with Gasteiger partial charge in [-0.25, -0.2) is 4.79 Å². The van der Waals surface area contributed by atoms with E-state index in [1.807, 2.05) is 18.2 Å². The number of barbiturate groups is 1. The molecule has 110 valence electrons. The van der Waals surface area contributed by atoms with Crippen molar-refractivity contribution in [3.63, 3.8) is 0 Å². The summed E-state index contributed by atoms with van der Waals surface area (Å²) in [7, 11) is 0. The molecule has 0 aromatic heterocycles. The molecule has 1 saturated carbocycles. The van der Waals surface area contributed by atoms with Crippen LogP contribution in [0.15, 0.2) is 30.3 Å². The van der Waals surface area contributed by atoms with E-state index in [-0.39, 0.29) is 5.41 Å². The van der Waals surface area contributed by atoms with Crippen LogP contribution in [0.2, 0.25) is 0 Å². The van der Waals surface area contributed by atoms with E-state index in [4.69, 9.17) is 0 Å². The van der Waals surface area contributed by atoms with Crippen molar-refractivity contribution < 1.29 is 14.4 Å². The number of nitrogens with one attached hydrogen (secondary N) is 2.